The molecule has 0 bridgehead atoms. The van der Waals surface area contributed by atoms with Gasteiger partial charge in [0.1, 0.15) is 28.0 Å². The molecule has 0 atom stereocenters. The van der Waals surface area contributed by atoms with E-state index >= 15 is 0 Å². The molecular weight excluding hydrogens is 450 g/mol. The largest absolute Gasteiger partial charge is 0.486 e. The lowest BCUT2D eigenvalue weighted by atomic mass is 10.3. The van der Waals surface area contributed by atoms with Crippen LogP contribution in [0.3, 0.4) is 0 Å². The number of ether oxygens (including phenoxy) is 2. The second-order valence-corrected chi connectivity index (χ2v) is 8.83. The number of thiazole rings is 1. The Morgan fingerprint density at radius 3 is 2.34 bits per heavy atom. The van der Waals surface area contributed by atoms with Crippen molar-refractivity contribution in [1.82, 2.24) is 10.3 Å². The normalized spacial score (nSPS) is 10.7. The fraction of sp³-hybridized carbons (Fsp3) is 0.261. The Balaban J connectivity index is 1.60. The number of urea groups is 1. The van der Waals surface area contributed by atoms with Gasteiger partial charge in [-0.05, 0) is 69.3 Å². The second-order valence-electron chi connectivity index (χ2n) is 7.31. The number of amides is 2. The molecule has 0 aliphatic rings. The summed E-state index contributed by atoms with van der Waals surface area (Å²) >= 11 is 7.10. The van der Waals surface area contributed by atoms with Gasteiger partial charge in [-0.15, -0.1) is 11.3 Å². The average Bonchev–Trinajstić information content (AvgIpc) is 3.13. The van der Waals surface area contributed by atoms with Crippen molar-refractivity contribution in [2.75, 3.05) is 11.9 Å². The van der Waals surface area contributed by atoms with Crippen molar-refractivity contribution < 1.29 is 19.1 Å². The van der Waals surface area contributed by atoms with Gasteiger partial charge in [-0.3, -0.25) is 4.90 Å². The van der Waals surface area contributed by atoms with Gasteiger partial charge in [0.15, 0.2) is 0 Å². The predicted octanol–water partition coefficient (Wildman–Crippen LogP) is 5.46. The summed E-state index contributed by atoms with van der Waals surface area (Å²) in [6.07, 6.45) is 0. The number of nitrogens with zero attached hydrogens (tertiary/aromatic N) is 2. The van der Waals surface area contributed by atoms with Gasteiger partial charge in [0.05, 0.1) is 5.69 Å². The van der Waals surface area contributed by atoms with Crippen LogP contribution in [0.1, 0.15) is 34.2 Å². The Labute approximate surface area is 195 Å². The molecule has 1 aromatic heterocycles. The average molecular weight is 474 g/mol. The summed E-state index contributed by atoms with van der Waals surface area (Å²) in [7, 11) is 1.67. The van der Waals surface area contributed by atoms with E-state index in [1.165, 1.54) is 16.2 Å². The molecule has 168 valence electrons. The molecule has 0 aliphatic heterocycles. The number of hydrogen-bond acceptors (Lipinski definition) is 6. The summed E-state index contributed by atoms with van der Waals surface area (Å²) < 4.78 is 11.2. The standard InChI is InChI=1S/C23H24ClN3O4S/c1-14(2)25-23(29)27(4)17-7-11-19(12-8-17)31-22(28)21-15(3)26-20(32-21)13-30-18-9-5-16(24)6-10-18/h5-12,14H,13H2,1-4H3,(H,25,29). The van der Waals surface area contributed by atoms with E-state index in [2.05, 4.69) is 10.3 Å². The maximum atomic E-state index is 12.6. The first kappa shape index (κ1) is 23.6. The summed E-state index contributed by atoms with van der Waals surface area (Å²) in [5, 5.41) is 4.12. The maximum Gasteiger partial charge on any atom is 0.355 e. The molecule has 1 heterocycles. The number of nitrogens with one attached hydrogen (secondary N) is 1. The van der Waals surface area contributed by atoms with Crippen LogP contribution in [0, 0.1) is 6.92 Å². The van der Waals surface area contributed by atoms with Gasteiger partial charge in [-0.1, -0.05) is 11.6 Å². The molecule has 0 saturated heterocycles. The van der Waals surface area contributed by atoms with Crippen LogP contribution in [0.25, 0.3) is 0 Å². The highest BCUT2D eigenvalue weighted by Crippen LogP contribution is 2.24. The van der Waals surface area contributed by atoms with Crippen molar-refractivity contribution in [3.05, 3.63) is 69.1 Å². The van der Waals surface area contributed by atoms with E-state index in [4.69, 9.17) is 21.1 Å². The molecule has 0 fully saturated rings. The van der Waals surface area contributed by atoms with Crippen LogP contribution in [0.2, 0.25) is 5.02 Å². The minimum Gasteiger partial charge on any atom is -0.486 e. The van der Waals surface area contributed by atoms with Crippen LogP contribution < -0.4 is 19.7 Å². The summed E-state index contributed by atoms with van der Waals surface area (Å²) in [6, 6.07) is 13.6. The molecule has 7 nitrogen and oxygen atoms in total. The van der Waals surface area contributed by atoms with Crippen LogP contribution >= 0.6 is 22.9 Å². The molecule has 32 heavy (non-hydrogen) atoms. The number of hydrogen-bond donors (Lipinski definition) is 1. The molecule has 0 unspecified atom stereocenters. The number of aryl methyl sites for hydroxylation is 1. The zero-order valence-corrected chi connectivity index (χ0v) is 19.8. The van der Waals surface area contributed by atoms with Gasteiger partial charge in [-0.25, -0.2) is 14.6 Å². The lowest BCUT2D eigenvalue weighted by Gasteiger charge is -2.19. The zero-order valence-electron chi connectivity index (χ0n) is 18.2. The number of benzene rings is 2. The molecule has 3 rings (SSSR count). The van der Waals surface area contributed by atoms with E-state index in [9.17, 15) is 9.59 Å². The molecule has 0 aliphatic carbocycles. The third-order valence-electron chi connectivity index (χ3n) is 4.35. The topological polar surface area (TPSA) is 80.8 Å². The van der Waals surface area contributed by atoms with Gasteiger partial charge in [0, 0.05) is 23.8 Å². The number of aromatic nitrogens is 1. The van der Waals surface area contributed by atoms with Gasteiger partial charge in [0.2, 0.25) is 0 Å². The van der Waals surface area contributed by atoms with Crippen LogP contribution in [0.4, 0.5) is 10.5 Å². The maximum absolute atomic E-state index is 12.6. The molecule has 9 heteroatoms. The third-order valence-corrected chi connectivity index (χ3v) is 5.72. The quantitative estimate of drug-likeness (QED) is 0.364. The highest BCUT2D eigenvalue weighted by atomic mass is 35.5. The van der Waals surface area contributed by atoms with E-state index < -0.39 is 5.97 Å². The van der Waals surface area contributed by atoms with Crippen molar-refractivity contribution in [3.63, 3.8) is 0 Å². The number of carbonyl (C=O) groups excluding carboxylic acids is 2. The molecular formula is C23H24ClN3O4S. The molecule has 3 aromatic rings. The Hall–Kier alpha value is -3.10. The fourth-order valence-electron chi connectivity index (χ4n) is 2.73. The van der Waals surface area contributed by atoms with Crippen LogP contribution in [0.5, 0.6) is 11.5 Å². The number of carbonyl (C=O) groups is 2. The van der Waals surface area contributed by atoms with E-state index in [0.29, 0.717) is 37.8 Å². The molecule has 0 spiro atoms. The molecule has 1 N–H and O–H groups in total. The lowest BCUT2D eigenvalue weighted by Crippen LogP contribution is -2.40. The molecule has 2 amide bonds. The predicted molar refractivity (Wildman–Crippen MR) is 126 cm³/mol. The lowest BCUT2D eigenvalue weighted by molar-refractivity contribution is 0.0739. The minimum atomic E-state index is -0.489. The molecule has 2 aromatic carbocycles. The first-order valence-electron chi connectivity index (χ1n) is 9.94. The Morgan fingerprint density at radius 2 is 1.72 bits per heavy atom. The first-order chi connectivity index (χ1) is 15.2. The van der Waals surface area contributed by atoms with Crippen molar-refractivity contribution in [3.8, 4) is 11.5 Å². The SMILES string of the molecule is Cc1nc(COc2ccc(Cl)cc2)sc1C(=O)Oc1ccc(N(C)C(=O)NC(C)C)cc1. The fourth-order valence-corrected chi connectivity index (χ4v) is 3.71. The minimum absolute atomic E-state index is 0.0364. The summed E-state index contributed by atoms with van der Waals surface area (Å²) in [4.78, 5) is 31.0. The second kappa shape index (κ2) is 10.5. The summed E-state index contributed by atoms with van der Waals surface area (Å²) in [6.45, 7) is 5.78. The monoisotopic (exact) mass is 473 g/mol. The Kier molecular flexibility index (Phi) is 7.71. The molecule has 0 radical (unpaired) electrons. The summed E-state index contributed by atoms with van der Waals surface area (Å²) in [5.41, 5.74) is 1.26. The van der Waals surface area contributed by atoms with Crippen molar-refractivity contribution in [2.24, 2.45) is 0 Å². The highest BCUT2D eigenvalue weighted by molar-refractivity contribution is 7.13. The number of halogens is 1. The van der Waals surface area contributed by atoms with E-state index in [0.717, 1.165) is 0 Å². The van der Waals surface area contributed by atoms with E-state index in [1.54, 1.807) is 62.5 Å². The Morgan fingerprint density at radius 1 is 1.09 bits per heavy atom. The van der Waals surface area contributed by atoms with E-state index in [1.807, 2.05) is 13.8 Å². The van der Waals surface area contributed by atoms with Crippen molar-refractivity contribution >= 4 is 40.6 Å². The summed E-state index contributed by atoms with van der Waals surface area (Å²) in [5.74, 6) is 0.554. The third kappa shape index (κ3) is 6.21. The van der Waals surface area contributed by atoms with Gasteiger partial charge >= 0.3 is 12.0 Å². The smallest absolute Gasteiger partial charge is 0.355 e. The zero-order chi connectivity index (χ0) is 23.3. The Bertz CT molecular complexity index is 1080. The van der Waals surface area contributed by atoms with Crippen molar-refractivity contribution in [1.29, 1.82) is 0 Å². The number of anilines is 1. The number of esters is 1. The van der Waals surface area contributed by atoms with Crippen LogP contribution in [-0.2, 0) is 6.61 Å². The van der Waals surface area contributed by atoms with Gasteiger partial charge in [0.25, 0.3) is 0 Å². The van der Waals surface area contributed by atoms with Crippen LogP contribution in [0.15, 0.2) is 48.5 Å². The van der Waals surface area contributed by atoms with Crippen molar-refractivity contribution in [2.45, 2.75) is 33.4 Å². The number of rotatable bonds is 7. The van der Waals surface area contributed by atoms with Gasteiger partial charge < -0.3 is 14.8 Å². The van der Waals surface area contributed by atoms with Gasteiger partial charge in [-0.2, -0.15) is 0 Å². The first-order valence-corrected chi connectivity index (χ1v) is 11.1. The van der Waals surface area contributed by atoms with E-state index in [-0.39, 0.29) is 18.7 Å². The highest BCUT2D eigenvalue weighted by Gasteiger charge is 2.18. The molecule has 0 saturated carbocycles. The van der Waals surface area contributed by atoms with Crippen LogP contribution in [-0.4, -0.2) is 30.1 Å².